The van der Waals surface area contributed by atoms with Gasteiger partial charge in [0.2, 0.25) is 29.5 Å². The Labute approximate surface area is 307 Å². The molecule has 53 heavy (non-hydrogen) atoms. The number of benzene rings is 2. The molecule has 19 nitrogen and oxygen atoms in total. The number of aromatic hydroxyl groups is 2. The second-order valence-electron chi connectivity index (χ2n) is 11.7. The Hall–Kier alpha value is -5.44. The first-order valence-corrected chi connectivity index (χ1v) is 17.5. The summed E-state index contributed by atoms with van der Waals surface area (Å²) in [6.45, 7) is -1.74. The molecule has 0 radical (unpaired) electrons. The van der Waals surface area contributed by atoms with Crippen LogP contribution in [0.2, 0.25) is 0 Å². The number of rotatable bonds is 22. The second-order valence-corrected chi connectivity index (χ2v) is 12.7. The van der Waals surface area contributed by atoms with E-state index in [4.69, 9.17) is 5.73 Å². The second kappa shape index (κ2) is 21.8. The van der Waals surface area contributed by atoms with Crippen molar-refractivity contribution in [3.63, 3.8) is 0 Å². The molecular formula is C33H44N6O13S. The fourth-order valence-corrected chi connectivity index (χ4v) is 5.15. The number of thioether (sulfide) groups is 1. The summed E-state index contributed by atoms with van der Waals surface area (Å²) in [4.78, 5) is 89.5. The minimum absolute atomic E-state index is 0.0204. The van der Waals surface area contributed by atoms with Gasteiger partial charge in [0, 0.05) is 12.8 Å². The summed E-state index contributed by atoms with van der Waals surface area (Å²) >= 11 is 1.32. The van der Waals surface area contributed by atoms with E-state index in [-0.39, 0.29) is 30.8 Å². The molecule has 0 aromatic heterocycles. The summed E-state index contributed by atoms with van der Waals surface area (Å²) in [5.74, 6) is -7.87. The number of amides is 5. The lowest BCUT2D eigenvalue weighted by Crippen LogP contribution is -2.60. The first kappa shape index (κ1) is 43.7. The molecule has 0 aliphatic carbocycles. The van der Waals surface area contributed by atoms with Crippen molar-refractivity contribution in [2.45, 2.75) is 61.9 Å². The van der Waals surface area contributed by atoms with Gasteiger partial charge in [0.1, 0.15) is 47.8 Å². The fraction of sp³-hybridized carbons (Fsp3) is 0.424. The van der Waals surface area contributed by atoms with Gasteiger partial charge in [0.05, 0.1) is 19.6 Å². The Morgan fingerprint density at radius 1 is 0.604 bits per heavy atom. The summed E-state index contributed by atoms with van der Waals surface area (Å²) in [5.41, 5.74) is 6.33. The topological polar surface area (TPSA) is 327 Å². The molecular weight excluding hydrogens is 720 g/mol. The maximum atomic E-state index is 14.0. The van der Waals surface area contributed by atoms with Crippen LogP contribution in [0.3, 0.4) is 0 Å². The van der Waals surface area contributed by atoms with Gasteiger partial charge >= 0.3 is 11.9 Å². The Kier molecular flexibility index (Phi) is 18.0. The largest absolute Gasteiger partial charge is 0.508 e. The number of phenols is 2. The van der Waals surface area contributed by atoms with Crippen LogP contribution in [0.15, 0.2) is 48.5 Å². The molecule has 13 N–H and O–H groups in total. The third-order valence-electron chi connectivity index (χ3n) is 7.60. The molecule has 2 aromatic carbocycles. The van der Waals surface area contributed by atoms with Crippen LogP contribution in [0.1, 0.15) is 24.0 Å². The molecule has 2 aromatic rings. The van der Waals surface area contributed by atoms with Crippen LogP contribution in [0.5, 0.6) is 11.5 Å². The number of aliphatic hydroxyl groups excluding tert-OH is 2. The standard InChI is InChI=1S/C33H44N6O13S/c1-53-11-10-22(29(47)39-26(16-41)33(51)52)35-30(48)23(12-17-2-6-19(42)7-3-17)37-31(49)24(13-18-4-8-20(43)9-5-18)38-32(50)25(14-27(44)45)36-28(46)21(34)15-40/h2-9,21-26,40-43H,10-16,34H2,1H3,(H,35,48)(H,36,46)(H,37,49)(H,38,50)(H,39,47)(H,44,45)(H,51,52)/t21-,22-,23-,24-,25-,26-/m0/s1. The number of phenolic OH excluding ortho intramolecular Hbond substituents is 2. The number of aliphatic hydroxyl groups is 2. The Morgan fingerprint density at radius 3 is 1.40 bits per heavy atom. The Balaban J connectivity index is 2.48. The molecule has 0 saturated carbocycles. The quantitative estimate of drug-likeness (QED) is 0.0566. The van der Waals surface area contributed by atoms with E-state index < -0.39 is 97.4 Å². The average molecular weight is 765 g/mol. The van der Waals surface area contributed by atoms with Gasteiger partial charge in [0.25, 0.3) is 0 Å². The third-order valence-corrected chi connectivity index (χ3v) is 8.25. The Morgan fingerprint density at radius 2 is 1.00 bits per heavy atom. The van der Waals surface area contributed by atoms with E-state index in [1.54, 1.807) is 6.26 Å². The Bertz CT molecular complexity index is 1580. The van der Waals surface area contributed by atoms with E-state index in [0.29, 0.717) is 16.9 Å². The van der Waals surface area contributed by atoms with Gasteiger partial charge in [-0.1, -0.05) is 24.3 Å². The predicted molar refractivity (Wildman–Crippen MR) is 188 cm³/mol. The number of nitrogens with one attached hydrogen (secondary N) is 5. The van der Waals surface area contributed by atoms with Crippen molar-refractivity contribution in [1.82, 2.24) is 26.6 Å². The number of aliphatic carboxylic acids is 2. The molecule has 6 atom stereocenters. The number of carbonyl (C=O) groups excluding carboxylic acids is 5. The average Bonchev–Trinajstić information content (AvgIpc) is 3.12. The zero-order chi connectivity index (χ0) is 39.7. The first-order valence-electron chi connectivity index (χ1n) is 16.1. The van der Waals surface area contributed by atoms with Gasteiger partial charge < -0.3 is 63.0 Å². The number of hydrogen-bond acceptors (Lipinski definition) is 13. The number of carbonyl (C=O) groups is 7. The first-order chi connectivity index (χ1) is 25.1. The van der Waals surface area contributed by atoms with Gasteiger partial charge in [0.15, 0.2) is 0 Å². The summed E-state index contributed by atoms with van der Waals surface area (Å²) in [7, 11) is 0. The lowest BCUT2D eigenvalue weighted by Gasteiger charge is -2.27. The minimum Gasteiger partial charge on any atom is -0.508 e. The highest BCUT2D eigenvalue weighted by molar-refractivity contribution is 7.98. The maximum Gasteiger partial charge on any atom is 0.328 e. The molecule has 5 amide bonds. The number of carboxylic acids is 2. The van der Waals surface area contributed by atoms with E-state index in [0.717, 1.165) is 0 Å². The number of hydrogen-bond donors (Lipinski definition) is 12. The van der Waals surface area contributed by atoms with E-state index in [1.807, 2.05) is 0 Å². The summed E-state index contributed by atoms with van der Waals surface area (Å²) in [6.07, 6.45) is 0.320. The molecule has 20 heteroatoms. The molecule has 2 rings (SSSR count). The monoisotopic (exact) mass is 764 g/mol. The SMILES string of the molecule is CSCC[C@H](NC(=O)[C@H](Cc1ccc(O)cc1)NC(=O)[C@H](Cc1ccc(O)cc1)NC(=O)[C@H](CC(=O)O)NC(=O)[C@@H](N)CO)C(=O)N[C@@H](CO)C(=O)O. The van der Waals surface area contributed by atoms with E-state index in [9.17, 15) is 64.2 Å². The van der Waals surface area contributed by atoms with Gasteiger partial charge in [-0.2, -0.15) is 11.8 Å². The van der Waals surface area contributed by atoms with Crippen molar-refractivity contribution in [3.05, 3.63) is 59.7 Å². The zero-order valence-electron chi connectivity index (χ0n) is 28.6. The van der Waals surface area contributed by atoms with Crippen molar-refractivity contribution in [3.8, 4) is 11.5 Å². The van der Waals surface area contributed by atoms with Crippen LogP contribution in [0, 0.1) is 0 Å². The lowest BCUT2D eigenvalue weighted by molar-refractivity contribution is -0.143. The van der Waals surface area contributed by atoms with Gasteiger partial charge in [-0.05, 0) is 53.8 Å². The molecule has 0 aliphatic heterocycles. The van der Waals surface area contributed by atoms with E-state index >= 15 is 0 Å². The van der Waals surface area contributed by atoms with Crippen LogP contribution < -0.4 is 32.3 Å². The molecule has 0 heterocycles. The van der Waals surface area contributed by atoms with Gasteiger partial charge in [-0.25, -0.2) is 4.79 Å². The van der Waals surface area contributed by atoms with Crippen molar-refractivity contribution in [2.75, 3.05) is 25.2 Å². The molecule has 0 aliphatic rings. The molecule has 0 spiro atoms. The fourth-order valence-electron chi connectivity index (χ4n) is 4.68. The summed E-state index contributed by atoms with van der Waals surface area (Å²) in [5, 5.41) is 68.5. The number of carboxylic acid groups (broad SMARTS) is 2. The zero-order valence-corrected chi connectivity index (χ0v) is 29.4. The van der Waals surface area contributed by atoms with Crippen LogP contribution >= 0.6 is 11.8 Å². The van der Waals surface area contributed by atoms with Crippen molar-refractivity contribution in [2.24, 2.45) is 5.73 Å². The van der Waals surface area contributed by atoms with Crippen molar-refractivity contribution < 1.29 is 64.2 Å². The highest BCUT2D eigenvalue weighted by Crippen LogP contribution is 2.14. The number of nitrogens with two attached hydrogens (primary N) is 1. The highest BCUT2D eigenvalue weighted by Gasteiger charge is 2.33. The summed E-state index contributed by atoms with van der Waals surface area (Å²) in [6, 6.07) is 1.82. The minimum atomic E-state index is -1.76. The van der Waals surface area contributed by atoms with Crippen LogP contribution in [0.25, 0.3) is 0 Å². The molecule has 0 fully saturated rings. The van der Waals surface area contributed by atoms with E-state index in [2.05, 4.69) is 26.6 Å². The third kappa shape index (κ3) is 15.0. The molecule has 0 bridgehead atoms. The van der Waals surface area contributed by atoms with Gasteiger partial charge in [-0.15, -0.1) is 0 Å². The van der Waals surface area contributed by atoms with Gasteiger partial charge in [-0.3, -0.25) is 28.8 Å². The lowest BCUT2D eigenvalue weighted by atomic mass is 10.0. The predicted octanol–water partition coefficient (Wildman–Crippen LogP) is -3.07. The van der Waals surface area contributed by atoms with Crippen LogP contribution in [0.4, 0.5) is 0 Å². The van der Waals surface area contributed by atoms with Crippen molar-refractivity contribution in [1.29, 1.82) is 0 Å². The molecule has 290 valence electrons. The van der Waals surface area contributed by atoms with Crippen LogP contribution in [-0.4, -0.2) is 134 Å². The molecule has 0 unspecified atom stereocenters. The summed E-state index contributed by atoms with van der Waals surface area (Å²) < 4.78 is 0. The molecule has 0 saturated heterocycles. The van der Waals surface area contributed by atoms with Crippen LogP contribution in [-0.2, 0) is 46.4 Å². The highest BCUT2D eigenvalue weighted by atomic mass is 32.2. The smallest absolute Gasteiger partial charge is 0.328 e. The normalized spacial score (nSPS) is 14.3. The van der Waals surface area contributed by atoms with Crippen molar-refractivity contribution >= 4 is 53.2 Å². The van der Waals surface area contributed by atoms with E-state index in [1.165, 1.54) is 60.3 Å². The maximum absolute atomic E-state index is 14.0.